The van der Waals surface area contributed by atoms with Crippen LogP contribution in [0.3, 0.4) is 0 Å². The van der Waals surface area contributed by atoms with E-state index in [1.54, 1.807) is 7.11 Å². The molecule has 1 saturated carbocycles. The molecule has 1 aliphatic rings. The average molecular weight is 388 g/mol. The summed E-state index contributed by atoms with van der Waals surface area (Å²) in [4.78, 5) is 13.3. The van der Waals surface area contributed by atoms with Gasteiger partial charge < -0.3 is 14.8 Å². The lowest BCUT2D eigenvalue weighted by molar-refractivity contribution is -0.122. The van der Waals surface area contributed by atoms with Crippen LogP contribution in [-0.2, 0) is 14.9 Å². The maximum atomic E-state index is 13.3. The smallest absolute Gasteiger partial charge is 0.235 e. The van der Waals surface area contributed by atoms with Gasteiger partial charge in [0.05, 0.1) is 12.0 Å². The molecule has 0 unspecified atom stereocenters. The molecule has 2 aromatic rings. The number of anilines is 1. The molecule has 0 heterocycles. The summed E-state index contributed by atoms with van der Waals surface area (Å²) in [7, 11) is 1.64. The standard InChI is InChI=1S/C22H26ClNO3/c1-26-15-16-27-20-11-9-19(10-12-20)24-21(25)22(13-3-2-4-14-22)17-5-7-18(23)8-6-17/h5-12H,2-4,13-16H2,1H3,(H,24,25). The largest absolute Gasteiger partial charge is 0.491 e. The number of halogens is 1. The van der Waals surface area contributed by atoms with Gasteiger partial charge in [0.25, 0.3) is 0 Å². The van der Waals surface area contributed by atoms with Gasteiger partial charge in [-0.1, -0.05) is 43.0 Å². The van der Waals surface area contributed by atoms with E-state index in [0.29, 0.717) is 18.2 Å². The highest BCUT2D eigenvalue weighted by atomic mass is 35.5. The maximum absolute atomic E-state index is 13.3. The molecule has 1 N–H and O–H groups in total. The Hall–Kier alpha value is -2.04. The molecule has 0 saturated heterocycles. The van der Waals surface area contributed by atoms with Crippen LogP contribution in [0.1, 0.15) is 37.7 Å². The van der Waals surface area contributed by atoms with Crippen LogP contribution in [-0.4, -0.2) is 26.2 Å². The monoisotopic (exact) mass is 387 g/mol. The number of carbonyl (C=O) groups excluding carboxylic acids is 1. The minimum absolute atomic E-state index is 0.0533. The number of hydrogen-bond donors (Lipinski definition) is 1. The Morgan fingerprint density at radius 2 is 1.67 bits per heavy atom. The van der Waals surface area contributed by atoms with E-state index < -0.39 is 5.41 Å². The Morgan fingerprint density at radius 1 is 1.00 bits per heavy atom. The van der Waals surface area contributed by atoms with Crippen molar-refractivity contribution in [3.63, 3.8) is 0 Å². The van der Waals surface area contributed by atoms with Crippen LogP contribution in [0, 0.1) is 0 Å². The van der Waals surface area contributed by atoms with Gasteiger partial charge in [-0.05, 0) is 54.8 Å². The second-order valence-electron chi connectivity index (χ2n) is 6.97. The number of rotatable bonds is 7. The van der Waals surface area contributed by atoms with Crippen molar-refractivity contribution in [2.45, 2.75) is 37.5 Å². The van der Waals surface area contributed by atoms with Gasteiger partial charge >= 0.3 is 0 Å². The van der Waals surface area contributed by atoms with Crippen molar-refractivity contribution in [2.75, 3.05) is 25.6 Å². The first-order chi connectivity index (χ1) is 13.1. The highest BCUT2D eigenvalue weighted by Crippen LogP contribution is 2.41. The van der Waals surface area contributed by atoms with Crippen LogP contribution in [0.15, 0.2) is 48.5 Å². The lowest BCUT2D eigenvalue weighted by Crippen LogP contribution is -2.42. The van der Waals surface area contributed by atoms with Crippen molar-refractivity contribution < 1.29 is 14.3 Å². The summed E-state index contributed by atoms with van der Waals surface area (Å²) in [6.07, 6.45) is 5.01. The lowest BCUT2D eigenvalue weighted by atomic mass is 9.68. The molecule has 144 valence electrons. The van der Waals surface area contributed by atoms with Gasteiger partial charge in [-0.3, -0.25) is 4.79 Å². The van der Waals surface area contributed by atoms with Gasteiger partial charge in [-0.25, -0.2) is 0 Å². The summed E-state index contributed by atoms with van der Waals surface area (Å²) in [5.74, 6) is 0.813. The van der Waals surface area contributed by atoms with E-state index in [1.807, 2.05) is 48.5 Å². The second-order valence-corrected chi connectivity index (χ2v) is 7.41. The van der Waals surface area contributed by atoms with Crippen molar-refractivity contribution in [1.29, 1.82) is 0 Å². The molecule has 4 nitrogen and oxygen atoms in total. The van der Waals surface area contributed by atoms with Crippen LogP contribution >= 0.6 is 11.6 Å². The summed E-state index contributed by atoms with van der Waals surface area (Å²) < 4.78 is 10.6. The third kappa shape index (κ3) is 4.82. The Labute approximate surface area is 165 Å². The van der Waals surface area contributed by atoms with Gasteiger partial charge in [-0.15, -0.1) is 0 Å². The van der Waals surface area contributed by atoms with Crippen LogP contribution in [0.5, 0.6) is 5.75 Å². The van der Waals surface area contributed by atoms with Crippen LogP contribution in [0.4, 0.5) is 5.69 Å². The van der Waals surface area contributed by atoms with Gasteiger partial charge in [-0.2, -0.15) is 0 Å². The first-order valence-corrected chi connectivity index (χ1v) is 9.81. The zero-order chi connectivity index (χ0) is 19.1. The molecule has 0 aromatic heterocycles. The summed E-state index contributed by atoms with van der Waals surface area (Å²) in [6, 6.07) is 15.2. The number of nitrogens with one attached hydrogen (secondary N) is 1. The van der Waals surface area contributed by atoms with Crippen LogP contribution in [0.2, 0.25) is 5.02 Å². The summed E-state index contributed by atoms with van der Waals surface area (Å²) >= 11 is 6.05. The van der Waals surface area contributed by atoms with E-state index >= 15 is 0 Å². The topological polar surface area (TPSA) is 47.6 Å². The van der Waals surface area contributed by atoms with Crippen molar-refractivity contribution >= 4 is 23.2 Å². The summed E-state index contributed by atoms with van der Waals surface area (Å²) in [5, 5.41) is 3.80. The van der Waals surface area contributed by atoms with Crippen molar-refractivity contribution in [1.82, 2.24) is 0 Å². The second kappa shape index (κ2) is 9.25. The number of ether oxygens (including phenoxy) is 2. The fourth-order valence-corrected chi connectivity index (χ4v) is 3.83. The van der Waals surface area contributed by atoms with E-state index in [2.05, 4.69) is 5.32 Å². The fraction of sp³-hybridized carbons (Fsp3) is 0.409. The molecule has 0 aliphatic heterocycles. The lowest BCUT2D eigenvalue weighted by Gasteiger charge is -2.36. The third-order valence-electron chi connectivity index (χ3n) is 5.21. The average Bonchev–Trinajstić information content (AvgIpc) is 2.70. The number of methoxy groups -OCH3 is 1. The molecule has 27 heavy (non-hydrogen) atoms. The van der Waals surface area contributed by atoms with Gasteiger partial charge in [0.2, 0.25) is 5.91 Å². The Morgan fingerprint density at radius 3 is 2.30 bits per heavy atom. The molecule has 0 bridgehead atoms. The molecule has 3 rings (SSSR count). The molecule has 0 atom stereocenters. The number of amides is 1. The molecule has 1 fully saturated rings. The minimum atomic E-state index is -0.490. The third-order valence-corrected chi connectivity index (χ3v) is 5.46. The zero-order valence-electron chi connectivity index (χ0n) is 15.7. The number of benzene rings is 2. The SMILES string of the molecule is COCCOc1ccc(NC(=O)C2(c3ccc(Cl)cc3)CCCCC2)cc1. The van der Waals surface area contributed by atoms with Crippen LogP contribution in [0.25, 0.3) is 0 Å². The molecule has 5 heteroatoms. The van der Waals surface area contributed by atoms with Crippen LogP contribution < -0.4 is 10.1 Å². The Kier molecular flexibility index (Phi) is 6.75. The van der Waals surface area contributed by atoms with E-state index in [9.17, 15) is 4.79 Å². The van der Waals surface area contributed by atoms with E-state index in [1.165, 1.54) is 6.42 Å². The first-order valence-electron chi connectivity index (χ1n) is 9.43. The number of hydrogen-bond acceptors (Lipinski definition) is 3. The highest BCUT2D eigenvalue weighted by molar-refractivity contribution is 6.30. The minimum Gasteiger partial charge on any atom is -0.491 e. The molecular formula is C22H26ClNO3. The quantitative estimate of drug-likeness (QED) is 0.663. The van der Waals surface area contributed by atoms with Gasteiger partial charge in [0, 0.05) is 17.8 Å². The van der Waals surface area contributed by atoms with Crippen molar-refractivity contribution in [3.05, 3.63) is 59.1 Å². The normalized spacial score (nSPS) is 15.9. The van der Waals surface area contributed by atoms with Gasteiger partial charge in [0.1, 0.15) is 12.4 Å². The maximum Gasteiger partial charge on any atom is 0.235 e. The van der Waals surface area contributed by atoms with Crippen molar-refractivity contribution in [2.24, 2.45) is 0 Å². The van der Waals surface area contributed by atoms with E-state index in [0.717, 1.165) is 42.7 Å². The molecule has 1 amide bonds. The molecular weight excluding hydrogens is 362 g/mol. The Balaban J connectivity index is 1.74. The predicted molar refractivity (Wildman–Crippen MR) is 109 cm³/mol. The van der Waals surface area contributed by atoms with Crippen molar-refractivity contribution in [3.8, 4) is 5.75 Å². The highest BCUT2D eigenvalue weighted by Gasteiger charge is 2.41. The summed E-state index contributed by atoms with van der Waals surface area (Å²) in [5.41, 5.74) is 1.33. The Bertz CT molecular complexity index is 737. The van der Waals surface area contributed by atoms with E-state index in [-0.39, 0.29) is 5.91 Å². The van der Waals surface area contributed by atoms with Gasteiger partial charge in [0.15, 0.2) is 0 Å². The fourth-order valence-electron chi connectivity index (χ4n) is 3.70. The zero-order valence-corrected chi connectivity index (χ0v) is 16.4. The molecule has 1 aliphatic carbocycles. The molecule has 2 aromatic carbocycles. The van der Waals surface area contributed by atoms with E-state index in [4.69, 9.17) is 21.1 Å². The first kappa shape index (κ1) is 19.7. The molecule has 0 radical (unpaired) electrons. The number of carbonyl (C=O) groups is 1. The molecule has 0 spiro atoms. The summed E-state index contributed by atoms with van der Waals surface area (Å²) in [6.45, 7) is 1.05. The predicted octanol–water partition coefficient (Wildman–Crippen LogP) is 5.21.